The van der Waals surface area contributed by atoms with Gasteiger partial charge in [0.1, 0.15) is 0 Å². The van der Waals surface area contributed by atoms with Crippen LogP contribution in [0.25, 0.3) is 0 Å². The van der Waals surface area contributed by atoms with Crippen LogP contribution in [0.2, 0.25) is 0 Å². The Bertz CT molecular complexity index is 686. The number of ether oxygens (including phenoxy) is 1. The molecule has 0 aliphatic carbocycles. The number of H-pyrrole nitrogens is 1. The molecule has 1 fully saturated rings. The normalized spacial score (nSPS) is 21.1. The molecule has 1 amide bonds. The summed E-state index contributed by atoms with van der Waals surface area (Å²) >= 11 is 0. The van der Waals surface area contributed by atoms with Crippen molar-refractivity contribution in [3.05, 3.63) is 47.3 Å². The number of amides is 1. The molecule has 24 heavy (non-hydrogen) atoms. The average Bonchev–Trinajstić information content (AvgIpc) is 3.23. The Balaban J connectivity index is 1.77. The molecular weight excluding hydrogens is 306 g/mol. The second kappa shape index (κ2) is 7.11. The second-order valence-corrected chi connectivity index (χ2v) is 6.33. The summed E-state index contributed by atoms with van der Waals surface area (Å²) in [5, 5.41) is 10.8. The van der Waals surface area contributed by atoms with E-state index in [4.69, 9.17) is 4.74 Å². The Hall–Kier alpha value is -2.25. The molecule has 2 aromatic rings. The third-order valence-electron chi connectivity index (χ3n) is 4.51. The van der Waals surface area contributed by atoms with Crippen LogP contribution in [0.3, 0.4) is 0 Å². The molecule has 1 aromatic carbocycles. The molecule has 0 saturated carbocycles. The summed E-state index contributed by atoms with van der Waals surface area (Å²) in [6, 6.07) is 7.78. The van der Waals surface area contributed by atoms with E-state index in [1.165, 1.54) is 0 Å². The van der Waals surface area contributed by atoms with Crippen molar-refractivity contribution in [2.75, 3.05) is 34.3 Å². The predicted octanol–water partition coefficient (Wildman–Crippen LogP) is 1.12. The van der Waals surface area contributed by atoms with Crippen LogP contribution in [-0.4, -0.2) is 71.5 Å². The van der Waals surface area contributed by atoms with Gasteiger partial charge in [0.25, 0.3) is 5.91 Å². The Kier molecular flexibility index (Phi) is 4.92. The standard InChI is InChI=1S/C17H23N5O2/c1-21(2)17(23)13-7-5-4-6-12(13)9-22-10-14(16(11-22)24-3)15-8-18-20-19-15/h4-8,14,16H,9-11H2,1-3H3,(H,18,19,20)/t14-,16+/m0/s1. The molecule has 0 bridgehead atoms. The van der Waals surface area contributed by atoms with Gasteiger partial charge in [0.15, 0.2) is 0 Å². The summed E-state index contributed by atoms with van der Waals surface area (Å²) in [5.41, 5.74) is 2.70. The SMILES string of the molecule is CO[C@@H]1CN(Cc2ccccc2C(=O)N(C)C)C[C@H]1c1cn[nH]n1. The van der Waals surface area contributed by atoms with Crippen molar-refractivity contribution in [1.29, 1.82) is 0 Å². The van der Waals surface area contributed by atoms with Crippen molar-refractivity contribution in [2.45, 2.75) is 18.6 Å². The highest BCUT2D eigenvalue weighted by Gasteiger charge is 2.35. The van der Waals surface area contributed by atoms with E-state index in [1.807, 2.05) is 24.3 Å². The van der Waals surface area contributed by atoms with Gasteiger partial charge in [0.2, 0.25) is 0 Å². The number of methoxy groups -OCH3 is 1. The van der Waals surface area contributed by atoms with Crippen molar-refractivity contribution in [3.8, 4) is 0 Å². The molecule has 2 atom stereocenters. The first-order valence-electron chi connectivity index (χ1n) is 8.00. The molecule has 0 radical (unpaired) electrons. The van der Waals surface area contributed by atoms with Crippen molar-refractivity contribution in [2.24, 2.45) is 0 Å². The maximum atomic E-state index is 12.4. The lowest BCUT2D eigenvalue weighted by Gasteiger charge is -2.19. The van der Waals surface area contributed by atoms with Gasteiger partial charge in [-0.05, 0) is 11.6 Å². The van der Waals surface area contributed by atoms with Gasteiger partial charge in [-0.25, -0.2) is 0 Å². The van der Waals surface area contributed by atoms with Crippen molar-refractivity contribution in [3.63, 3.8) is 0 Å². The van der Waals surface area contributed by atoms with Crippen LogP contribution in [0, 0.1) is 0 Å². The highest BCUT2D eigenvalue weighted by atomic mass is 16.5. The summed E-state index contributed by atoms with van der Waals surface area (Å²) in [5.74, 6) is 0.214. The number of hydrogen-bond donors (Lipinski definition) is 1. The van der Waals surface area contributed by atoms with E-state index in [-0.39, 0.29) is 17.9 Å². The van der Waals surface area contributed by atoms with Gasteiger partial charge in [0, 0.05) is 52.3 Å². The van der Waals surface area contributed by atoms with Gasteiger partial charge in [-0.15, -0.1) is 0 Å². The molecule has 2 heterocycles. The molecule has 128 valence electrons. The number of rotatable bonds is 5. The molecule has 1 saturated heterocycles. The fraction of sp³-hybridized carbons (Fsp3) is 0.471. The molecule has 7 nitrogen and oxygen atoms in total. The molecular formula is C17H23N5O2. The van der Waals surface area contributed by atoms with E-state index in [1.54, 1.807) is 32.3 Å². The van der Waals surface area contributed by atoms with Crippen LogP contribution in [0.15, 0.2) is 30.5 Å². The van der Waals surface area contributed by atoms with Gasteiger partial charge in [-0.1, -0.05) is 18.2 Å². The Morgan fingerprint density at radius 2 is 2.17 bits per heavy atom. The maximum absolute atomic E-state index is 12.4. The fourth-order valence-corrected chi connectivity index (χ4v) is 3.24. The van der Waals surface area contributed by atoms with Crippen molar-refractivity contribution < 1.29 is 9.53 Å². The first kappa shape index (κ1) is 16.6. The lowest BCUT2D eigenvalue weighted by atomic mass is 10.0. The van der Waals surface area contributed by atoms with Gasteiger partial charge >= 0.3 is 0 Å². The summed E-state index contributed by atoms with van der Waals surface area (Å²) < 4.78 is 5.63. The highest BCUT2D eigenvalue weighted by molar-refractivity contribution is 5.95. The molecule has 1 aliphatic heterocycles. The van der Waals surface area contributed by atoms with Crippen molar-refractivity contribution in [1.82, 2.24) is 25.2 Å². The van der Waals surface area contributed by atoms with E-state index in [9.17, 15) is 4.79 Å². The number of nitrogens with one attached hydrogen (secondary N) is 1. The van der Waals surface area contributed by atoms with Gasteiger partial charge < -0.3 is 9.64 Å². The van der Waals surface area contributed by atoms with Crippen LogP contribution in [0.4, 0.5) is 0 Å². The van der Waals surface area contributed by atoms with Gasteiger partial charge in [-0.2, -0.15) is 15.4 Å². The van der Waals surface area contributed by atoms with Crippen LogP contribution in [-0.2, 0) is 11.3 Å². The third kappa shape index (κ3) is 3.32. The van der Waals surface area contributed by atoms with E-state index in [0.717, 1.165) is 29.9 Å². The van der Waals surface area contributed by atoms with Gasteiger partial charge in [0.05, 0.1) is 18.0 Å². The number of carbonyl (C=O) groups is 1. The smallest absolute Gasteiger partial charge is 0.253 e. The second-order valence-electron chi connectivity index (χ2n) is 6.33. The molecule has 7 heteroatoms. The van der Waals surface area contributed by atoms with Gasteiger partial charge in [-0.3, -0.25) is 9.69 Å². The monoisotopic (exact) mass is 329 g/mol. The van der Waals surface area contributed by atoms with Crippen molar-refractivity contribution >= 4 is 5.91 Å². The Labute approximate surface area is 141 Å². The number of hydrogen-bond acceptors (Lipinski definition) is 5. The molecule has 0 unspecified atom stereocenters. The van der Waals surface area contributed by atoms with E-state index >= 15 is 0 Å². The number of carbonyl (C=O) groups excluding carboxylic acids is 1. The molecule has 0 spiro atoms. The number of benzene rings is 1. The zero-order valence-electron chi connectivity index (χ0n) is 14.3. The Morgan fingerprint density at radius 3 is 2.83 bits per heavy atom. The van der Waals surface area contributed by atoms with E-state index in [0.29, 0.717) is 6.54 Å². The molecule has 1 aliphatic rings. The highest BCUT2D eigenvalue weighted by Crippen LogP contribution is 2.29. The quantitative estimate of drug-likeness (QED) is 0.890. The number of aromatic amines is 1. The summed E-state index contributed by atoms with van der Waals surface area (Å²) in [4.78, 5) is 16.3. The summed E-state index contributed by atoms with van der Waals surface area (Å²) in [7, 11) is 5.28. The van der Waals surface area contributed by atoms with Crippen LogP contribution >= 0.6 is 0 Å². The zero-order chi connectivity index (χ0) is 17.1. The minimum atomic E-state index is 0.0288. The predicted molar refractivity (Wildman–Crippen MR) is 89.7 cm³/mol. The van der Waals surface area contributed by atoms with Crippen LogP contribution in [0.1, 0.15) is 27.5 Å². The number of likely N-dealkylation sites (tertiary alicyclic amines) is 1. The molecule has 3 rings (SSSR count). The lowest BCUT2D eigenvalue weighted by Crippen LogP contribution is -2.26. The minimum absolute atomic E-state index is 0.0288. The molecule has 1 aromatic heterocycles. The largest absolute Gasteiger partial charge is 0.379 e. The average molecular weight is 329 g/mol. The minimum Gasteiger partial charge on any atom is -0.379 e. The maximum Gasteiger partial charge on any atom is 0.253 e. The number of aromatic nitrogens is 3. The van der Waals surface area contributed by atoms with E-state index < -0.39 is 0 Å². The third-order valence-corrected chi connectivity index (χ3v) is 4.51. The molecule has 1 N–H and O–H groups in total. The summed E-state index contributed by atoms with van der Waals surface area (Å²) in [6.45, 7) is 2.35. The first-order chi connectivity index (χ1) is 11.6. The number of nitrogens with zero attached hydrogens (tertiary/aromatic N) is 4. The fourth-order valence-electron chi connectivity index (χ4n) is 3.24. The lowest BCUT2D eigenvalue weighted by molar-refractivity contribution is 0.0825. The first-order valence-corrected chi connectivity index (χ1v) is 8.00. The summed E-state index contributed by atoms with van der Waals surface area (Å²) in [6.07, 6.45) is 1.83. The zero-order valence-corrected chi connectivity index (χ0v) is 14.3. The van der Waals surface area contributed by atoms with E-state index in [2.05, 4.69) is 20.3 Å². The Morgan fingerprint density at radius 1 is 1.38 bits per heavy atom. The topological polar surface area (TPSA) is 74.3 Å². The van der Waals surface area contributed by atoms with Crippen LogP contribution < -0.4 is 0 Å². The van der Waals surface area contributed by atoms with Crippen LogP contribution in [0.5, 0.6) is 0 Å².